The van der Waals surface area contributed by atoms with Crippen molar-refractivity contribution in [3.05, 3.63) is 51.9 Å². The van der Waals surface area contributed by atoms with Crippen molar-refractivity contribution in [2.45, 2.75) is 58.8 Å². The normalized spacial score (nSPS) is 17.6. The number of esters is 1. The predicted molar refractivity (Wildman–Crippen MR) is 138 cm³/mol. The maximum atomic E-state index is 12.8. The molecular formula is C27H36N4O5. The van der Waals surface area contributed by atoms with Gasteiger partial charge in [-0.2, -0.15) is 0 Å². The molecule has 2 N–H and O–H groups in total. The number of hydrogen-bond donors (Lipinski definition) is 2. The van der Waals surface area contributed by atoms with Crippen LogP contribution in [-0.2, 0) is 27.9 Å². The van der Waals surface area contributed by atoms with Gasteiger partial charge in [0.2, 0.25) is 0 Å². The highest BCUT2D eigenvalue weighted by molar-refractivity contribution is 5.81. The number of ether oxygens (including phenoxy) is 2. The van der Waals surface area contributed by atoms with Gasteiger partial charge < -0.3 is 29.0 Å². The predicted octanol–water partition coefficient (Wildman–Crippen LogP) is 2.71. The fourth-order valence-electron chi connectivity index (χ4n) is 4.65. The van der Waals surface area contributed by atoms with Crippen LogP contribution < -0.4 is 10.9 Å². The molecule has 1 unspecified atom stereocenters. The summed E-state index contributed by atoms with van der Waals surface area (Å²) in [5.74, 6) is 0.500. The van der Waals surface area contributed by atoms with Crippen LogP contribution in [0.15, 0.2) is 35.3 Å². The summed E-state index contributed by atoms with van der Waals surface area (Å²) in [5.41, 5.74) is 4.04. The van der Waals surface area contributed by atoms with E-state index >= 15 is 0 Å². The lowest BCUT2D eigenvalue weighted by Gasteiger charge is -2.22. The lowest BCUT2D eigenvalue weighted by Crippen LogP contribution is -2.43. The van der Waals surface area contributed by atoms with Gasteiger partial charge in [-0.3, -0.25) is 9.59 Å². The lowest BCUT2D eigenvalue weighted by atomic mass is 10.0. The first kappa shape index (κ1) is 26.1. The Morgan fingerprint density at radius 1 is 1.31 bits per heavy atom. The van der Waals surface area contributed by atoms with Crippen LogP contribution in [0.5, 0.6) is 0 Å². The third-order valence-corrected chi connectivity index (χ3v) is 6.70. The first-order valence-electron chi connectivity index (χ1n) is 12.5. The van der Waals surface area contributed by atoms with E-state index in [1.807, 2.05) is 49.6 Å². The van der Waals surface area contributed by atoms with Crippen LogP contribution in [0.1, 0.15) is 44.4 Å². The van der Waals surface area contributed by atoms with Gasteiger partial charge in [-0.25, -0.2) is 4.98 Å². The maximum Gasteiger partial charge on any atom is 0.323 e. The SMILES string of the molecule is Cc1cc(-c2nc3cc(CNC(C(=O)O[C@H]4CCOC4)C(C)C)ccc3n2[C@H](C)CO)cn(C)c1=O. The second-order valence-electron chi connectivity index (χ2n) is 10.0. The number of imidazole rings is 1. The summed E-state index contributed by atoms with van der Waals surface area (Å²) < 4.78 is 14.5. The number of aromatic nitrogens is 3. The number of carbonyl (C=O) groups is 1. The number of nitrogens with zero attached hydrogens (tertiary/aromatic N) is 3. The van der Waals surface area contributed by atoms with Crippen LogP contribution in [0.3, 0.4) is 0 Å². The van der Waals surface area contributed by atoms with E-state index in [4.69, 9.17) is 14.5 Å². The fourth-order valence-corrected chi connectivity index (χ4v) is 4.65. The summed E-state index contributed by atoms with van der Waals surface area (Å²) >= 11 is 0. The molecule has 1 aromatic carbocycles. The average Bonchev–Trinajstić information content (AvgIpc) is 3.49. The van der Waals surface area contributed by atoms with Gasteiger partial charge >= 0.3 is 5.97 Å². The molecule has 3 heterocycles. The number of hydrogen-bond acceptors (Lipinski definition) is 7. The zero-order valence-corrected chi connectivity index (χ0v) is 21.7. The van der Waals surface area contributed by atoms with E-state index in [1.54, 1.807) is 24.7 Å². The molecule has 9 nitrogen and oxygen atoms in total. The molecule has 1 aliphatic heterocycles. The van der Waals surface area contributed by atoms with E-state index in [-0.39, 0.29) is 36.2 Å². The summed E-state index contributed by atoms with van der Waals surface area (Å²) in [4.78, 5) is 29.9. The van der Waals surface area contributed by atoms with Crippen molar-refractivity contribution in [1.82, 2.24) is 19.4 Å². The van der Waals surface area contributed by atoms with E-state index in [0.717, 1.165) is 28.6 Å². The zero-order chi connectivity index (χ0) is 26.0. The Labute approximate surface area is 211 Å². The molecule has 0 spiro atoms. The van der Waals surface area contributed by atoms with Gasteiger partial charge in [-0.05, 0) is 43.5 Å². The Balaban J connectivity index is 1.61. The van der Waals surface area contributed by atoms with E-state index in [2.05, 4.69) is 5.32 Å². The minimum absolute atomic E-state index is 0.0449. The first-order valence-corrected chi connectivity index (χ1v) is 12.5. The Bertz CT molecular complexity index is 1260. The molecule has 9 heteroatoms. The third-order valence-electron chi connectivity index (χ3n) is 6.70. The molecule has 3 aromatic rings. The van der Waals surface area contributed by atoms with Gasteiger partial charge in [-0.15, -0.1) is 0 Å². The van der Waals surface area contributed by atoms with Gasteiger partial charge in [0.05, 0.1) is 36.9 Å². The lowest BCUT2D eigenvalue weighted by molar-refractivity contribution is -0.152. The fraction of sp³-hybridized carbons (Fsp3) is 0.519. The van der Waals surface area contributed by atoms with E-state index in [0.29, 0.717) is 31.1 Å². The third kappa shape index (κ3) is 5.38. The van der Waals surface area contributed by atoms with Crippen LogP contribution in [0.25, 0.3) is 22.4 Å². The molecule has 36 heavy (non-hydrogen) atoms. The second kappa shape index (κ2) is 10.9. The summed E-state index contributed by atoms with van der Waals surface area (Å²) in [6.45, 7) is 9.22. The molecule has 0 radical (unpaired) electrons. The molecule has 1 saturated heterocycles. The number of nitrogens with one attached hydrogen (secondary N) is 1. The zero-order valence-electron chi connectivity index (χ0n) is 21.7. The van der Waals surface area contributed by atoms with Crippen molar-refractivity contribution >= 4 is 17.0 Å². The largest absolute Gasteiger partial charge is 0.459 e. The van der Waals surface area contributed by atoms with Crippen LogP contribution in [0, 0.1) is 12.8 Å². The molecule has 0 saturated carbocycles. The van der Waals surface area contributed by atoms with Crippen LogP contribution in [0.4, 0.5) is 0 Å². The number of fused-ring (bicyclic) bond motifs is 1. The standard InChI is InChI=1S/C27H36N4O5/c1-16(2)24(27(34)36-21-8-9-35-15-21)28-12-19-6-7-23-22(11-19)29-25(31(23)18(4)14-32)20-10-17(3)26(33)30(5)13-20/h6-7,10-11,13,16,18,21,24,28,32H,8-9,12,14-15H2,1-5H3/t18-,21+,24?/m1/s1. The highest BCUT2D eigenvalue weighted by Gasteiger charge is 2.28. The van der Waals surface area contributed by atoms with E-state index < -0.39 is 6.04 Å². The molecule has 0 aliphatic carbocycles. The van der Waals surface area contributed by atoms with Crippen LogP contribution >= 0.6 is 0 Å². The van der Waals surface area contributed by atoms with Crippen LogP contribution in [-0.4, -0.2) is 57.2 Å². The molecular weight excluding hydrogens is 460 g/mol. The highest BCUT2D eigenvalue weighted by Crippen LogP contribution is 2.29. The Morgan fingerprint density at radius 3 is 2.72 bits per heavy atom. The van der Waals surface area contributed by atoms with E-state index in [9.17, 15) is 14.7 Å². The minimum Gasteiger partial charge on any atom is -0.459 e. The molecule has 1 fully saturated rings. The Hall–Kier alpha value is -3.01. The first-order chi connectivity index (χ1) is 17.2. The summed E-state index contributed by atoms with van der Waals surface area (Å²) in [5, 5.41) is 13.3. The molecule has 2 aromatic heterocycles. The number of aryl methyl sites for hydroxylation is 2. The van der Waals surface area contributed by atoms with Crippen molar-refractivity contribution in [2.75, 3.05) is 19.8 Å². The van der Waals surface area contributed by atoms with Gasteiger partial charge in [0, 0.05) is 37.3 Å². The van der Waals surface area contributed by atoms with Gasteiger partial charge in [-0.1, -0.05) is 19.9 Å². The Morgan fingerprint density at radius 2 is 2.08 bits per heavy atom. The molecule has 0 amide bonds. The van der Waals surface area contributed by atoms with Crippen molar-refractivity contribution in [2.24, 2.45) is 13.0 Å². The van der Waals surface area contributed by atoms with Crippen molar-refractivity contribution in [3.63, 3.8) is 0 Å². The number of aliphatic hydroxyl groups is 1. The second-order valence-corrected chi connectivity index (χ2v) is 10.0. The van der Waals surface area contributed by atoms with Crippen molar-refractivity contribution in [3.8, 4) is 11.4 Å². The molecule has 0 bridgehead atoms. The van der Waals surface area contributed by atoms with Gasteiger partial charge in [0.15, 0.2) is 0 Å². The quantitative estimate of drug-likeness (QED) is 0.439. The van der Waals surface area contributed by atoms with E-state index in [1.165, 1.54) is 0 Å². The molecule has 3 atom stereocenters. The molecule has 194 valence electrons. The van der Waals surface area contributed by atoms with Gasteiger partial charge in [0.1, 0.15) is 18.0 Å². The van der Waals surface area contributed by atoms with Crippen molar-refractivity contribution in [1.29, 1.82) is 0 Å². The monoisotopic (exact) mass is 496 g/mol. The highest BCUT2D eigenvalue weighted by atomic mass is 16.6. The summed E-state index contributed by atoms with van der Waals surface area (Å²) in [7, 11) is 1.72. The Kier molecular flexibility index (Phi) is 7.92. The number of pyridine rings is 1. The van der Waals surface area contributed by atoms with Crippen molar-refractivity contribution < 1.29 is 19.4 Å². The topological polar surface area (TPSA) is 108 Å². The maximum absolute atomic E-state index is 12.8. The number of aliphatic hydroxyl groups excluding tert-OH is 1. The van der Waals surface area contributed by atoms with Crippen LogP contribution in [0.2, 0.25) is 0 Å². The molecule has 4 rings (SSSR count). The minimum atomic E-state index is -0.433. The van der Waals surface area contributed by atoms with Gasteiger partial charge in [0.25, 0.3) is 5.56 Å². The summed E-state index contributed by atoms with van der Waals surface area (Å²) in [6.07, 6.45) is 2.34. The number of rotatable bonds is 9. The smallest absolute Gasteiger partial charge is 0.323 e. The number of benzene rings is 1. The summed E-state index contributed by atoms with van der Waals surface area (Å²) in [6, 6.07) is 7.18. The molecule has 1 aliphatic rings. The number of carbonyl (C=O) groups excluding carboxylic acids is 1. The average molecular weight is 497 g/mol.